The molecule has 0 bridgehead atoms. The molecule has 0 atom stereocenters. The van der Waals surface area contributed by atoms with E-state index in [4.69, 9.17) is 4.74 Å². The number of benzene rings is 1. The number of carbonyl (C=O) groups excluding carboxylic acids is 1. The van der Waals surface area contributed by atoms with E-state index in [0.29, 0.717) is 31.9 Å². The van der Waals surface area contributed by atoms with Crippen LogP contribution in [0.1, 0.15) is 15.2 Å². The van der Waals surface area contributed by atoms with Crippen molar-refractivity contribution in [2.24, 2.45) is 0 Å². The zero-order chi connectivity index (χ0) is 17.0. The van der Waals surface area contributed by atoms with Gasteiger partial charge in [-0.2, -0.15) is 0 Å². The van der Waals surface area contributed by atoms with Crippen molar-refractivity contribution in [1.29, 1.82) is 0 Å². The van der Waals surface area contributed by atoms with Crippen LogP contribution in [0.4, 0.5) is 0 Å². The highest BCUT2D eigenvalue weighted by molar-refractivity contribution is 7.89. The van der Waals surface area contributed by atoms with Gasteiger partial charge in [-0.05, 0) is 29.6 Å². The first-order valence-corrected chi connectivity index (χ1v) is 9.92. The number of nitrogens with one attached hydrogen (secondary N) is 1. The summed E-state index contributed by atoms with van der Waals surface area (Å²) in [6, 6.07) is 9.88. The standard InChI is InChI=1S/C16H18N2O4S2/c19-16(18-6-8-22-9-7-18)13-3-1-5-15(11-13)24(20,21)17-12-14-4-2-10-23-14/h1-5,10-11,17H,6-9,12H2. The molecule has 2 aromatic rings. The number of rotatable bonds is 5. The maximum Gasteiger partial charge on any atom is 0.254 e. The van der Waals surface area contributed by atoms with Gasteiger partial charge < -0.3 is 9.64 Å². The van der Waals surface area contributed by atoms with Gasteiger partial charge >= 0.3 is 0 Å². The van der Waals surface area contributed by atoms with Gasteiger partial charge in [-0.25, -0.2) is 13.1 Å². The Bertz CT molecular complexity index is 797. The first kappa shape index (κ1) is 17.1. The van der Waals surface area contributed by atoms with Crippen molar-refractivity contribution in [2.45, 2.75) is 11.4 Å². The minimum Gasteiger partial charge on any atom is -0.378 e. The zero-order valence-corrected chi connectivity index (χ0v) is 14.6. The molecule has 24 heavy (non-hydrogen) atoms. The Morgan fingerprint density at radius 1 is 1.21 bits per heavy atom. The van der Waals surface area contributed by atoms with Crippen LogP contribution in [0.3, 0.4) is 0 Å². The van der Waals surface area contributed by atoms with Crippen LogP contribution in [0.5, 0.6) is 0 Å². The lowest BCUT2D eigenvalue weighted by molar-refractivity contribution is 0.0302. The average molecular weight is 366 g/mol. The lowest BCUT2D eigenvalue weighted by Crippen LogP contribution is -2.40. The van der Waals surface area contributed by atoms with Crippen LogP contribution in [0.15, 0.2) is 46.7 Å². The number of thiophene rings is 1. The van der Waals surface area contributed by atoms with E-state index in [1.807, 2.05) is 17.5 Å². The Kier molecular flexibility index (Phi) is 5.30. The fraction of sp³-hybridized carbons (Fsp3) is 0.312. The number of ether oxygens (including phenoxy) is 1. The van der Waals surface area contributed by atoms with Crippen LogP contribution in [-0.4, -0.2) is 45.5 Å². The number of amides is 1. The van der Waals surface area contributed by atoms with E-state index >= 15 is 0 Å². The fourth-order valence-corrected chi connectivity index (χ4v) is 4.20. The molecule has 0 spiro atoms. The van der Waals surface area contributed by atoms with Crippen molar-refractivity contribution in [1.82, 2.24) is 9.62 Å². The van der Waals surface area contributed by atoms with Gasteiger partial charge in [-0.15, -0.1) is 11.3 Å². The van der Waals surface area contributed by atoms with E-state index in [2.05, 4.69) is 4.72 Å². The minimum atomic E-state index is -3.66. The topological polar surface area (TPSA) is 75.7 Å². The third-order valence-electron chi connectivity index (χ3n) is 3.71. The van der Waals surface area contributed by atoms with Crippen LogP contribution in [0.2, 0.25) is 0 Å². The van der Waals surface area contributed by atoms with Gasteiger partial charge in [-0.3, -0.25) is 4.79 Å². The van der Waals surface area contributed by atoms with Gasteiger partial charge in [0.15, 0.2) is 0 Å². The van der Waals surface area contributed by atoms with Crippen molar-refractivity contribution < 1.29 is 17.9 Å². The highest BCUT2D eigenvalue weighted by Crippen LogP contribution is 2.15. The first-order chi connectivity index (χ1) is 11.6. The van der Waals surface area contributed by atoms with Gasteiger partial charge in [-0.1, -0.05) is 12.1 Å². The predicted octanol–water partition coefficient (Wildman–Crippen LogP) is 1.70. The Morgan fingerprint density at radius 2 is 2.00 bits per heavy atom. The number of carbonyl (C=O) groups is 1. The average Bonchev–Trinajstić information content (AvgIpc) is 3.14. The second kappa shape index (κ2) is 7.43. The van der Waals surface area contributed by atoms with Gasteiger partial charge in [0.1, 0.15) is 0 Å². The molecule has 1 N–H and O–H groups in total. The predicted molar refractivity (Wildman–Crippen MR) is 91.5 cm³/mol. The molecule has 0 saturated carbocycles. The quantitative estimate of drug-likeness (QED) is 0.874. The van der Waals surface area contributed by atoms with Crippen LogP contribution in [0.25, 0.3) is 0 Å². The number of nitrogens with zero attached hydrogens (tertiary/aromatic N) is 1. The molecule has 1 saturated heterocycles. The molecule has 1 aliphatic rings. The molecule has 1 fully saturated rings. The highest BCUT2D eigenvalue weighted by Gasteiger charge is 2.21. The second-order valence-corrected chi connectivity index (χ2v) is 8.14. The van der Waals surface area contributed by atoms with Gasteiger partial charge in [0.05, 0.1) is 18.1 Å². The summed E-state index contributed by atoms with van der Waals surface area (Å²) in [6.45, 7) is 2.29. The summed E-state index contributed by atoms with van der Waals surface area (Å²) in [7, 11) is -3.66. The molecule has 6 nitrogen and oxygen atoms in total. The van der Waals surface area contributed by atoms with E-state index in [1.54, 1.807) is 17.0 Å². The Morgan fingerprint density at radius 3 is 2.71 bits per heavy atom. The Labute approximate surface area is 145 Å². The molecule has 1 aliphatic heterocycles. The first-order valence-electron chi connectivity index (χ1n) is 7.55. The van der Waals surface area contributed by atoms with Crippen molar-refractivity contribution in [3.8, 4) is 0 Å². The third-order valence-corrected chi connectivity index (χ3v) is 5.98. The van der Waals surface area contributed by atoms with E-state index < -0.39 is 10.0 Å². The van der Waals surface area contributed by atoms with E-state index in [9.17, 15) is 13.2 Å². The number of hydrogen-bond acceptors (Lipinski definition) is 5. The smallest absolute Gasteiger partial charge is 0.254 e. The molecule has 0 unspecified atom stereocenters. The van der Waals surface area contributed by atoms with Crippen LogP contribution in [0, 0.1) is 0 Å². The Hall–Kier alpha value is -1.74. The summed E-state index contributed by atoms with van der Waals surface area (Å²) >= 11 is 1.49. The molecule has 0 aliphatic carbocycles. The molecule has 3 rings (SSSR count). The molecular formula is C16H18N2O4S2. The monoisotopic (exact) mass is 366 g/mol. The minimum absolute atomic E-state index is 0.0955. The van der Waals surface area contributed by atoms with E-state index in [1.165, 1.54) is 23.5 Å². The van der Waals surface area contributed by atoms with E-state index in [0.717, 1.165) is 4.88 Å². The van der Waals surface area contributed by atoms with Crippen LogP contribution in [-0.2, 0) is 21.3 Å². The number of sulfonamides is 1. The largest absolute Gasteiger partial charge is 0.378 e. The highest BCUT2D eigenvalue weighted by atomic mass is 32.2. The SMILES string of the molecule is O=C(c1cccc(S(=O)(=O)NCc2cccs2)c1)N1CCOCC1. The molecule has 8 heteroatoms. The van der Waals surface area contributed by atoms with Gasteiger partial charge in [0, 0.05) is 30.1 Å². The summed E-state index contributed by atoms with van der Waals surface area (Å²) in [4.78, 5) is 15.2. The van der Waals surface area contributed by atoms with Crippen molar-refractivity contribution in [3.63, 3.8) is 0 Å². The van der Waals surface area contributed by atoms with Crippen molar-refractivity contribution in [2.75, 3.05) is 26.3 Å². The van der Waals surface area contributed by atoms with Crippen molar-refractivity contribution in [3.05, 3.63) is 52.2 Å². The Balaban J connectivity index is 1.75. The maximum atomic E-state index is 12.5. The summed E-state index contributed by atoms with van der Waals surface area (Å²) in [6.07, 6.45) is 0. The molecule has 128 valence electrons. The summed E-state index contributed by atoms with van der Waals surface area (Å²) in [5.41, 5.74) is 0.371. The van der Waals surface area contributed by atoms with Gasteiger partial charge in [0.25, 0.3) is 5.91 Å². The van der Waals surface area contributed by atoms with Crippen molar-refractivity contribution >= 4 is 27.3 Å². The van der Waals surface area contributed by atoms with Gasteiger partial charge in [0.2, 0.25) is 10.0 Å². The number of hydrogen-bond donors (Lipinski definition) is 1. The molecule has 1 aromatic carbocycles. The molecular weight excluding hydrogens is 348 g/mol. The van der Waals surface area contributed by atoms with E-state index in [-0.39, 0.29) is 17.3 Å². The molecule has 1 amide bonds. The molecule has 0 radical (unpaired) electrons. The molecule has 1 aromatic heterocycles. The normalized spacial score (nSPS) is 15.4. The lowest BCUT2D eigenvalue weighted by Gasteiger charge is -2.27. The maximum absolute atomic E-state index is 12.5. The zero-order valence-electron chi connectivity index (χ0n) is 13.0. The summed E-state index contributed by atoms with van der Waals surface area (Å²) < 4.78 is 32.6. The number of morpholine rings is 1. The third kappa shape index (κ3) is 4.02. The van der Waals surface area contributed by atoms with Crippen LogP contribution >= 0.6 is 11.3 Å². The second-order valence-electron chi connectivity index (χ2n) is 5.34. The van der Waals surface area contributed by atoms with Crippen LogP contribution < -0.4 is 4.72 Å². The lowest BCUT2D eigenvalue weighted by atomic mass is 10.2. The summed E-state index contributed by atoms with van der Waals surface area (Å²) in [5.74, 6) is -0.173. The summed E-state index contributed by atoms with van der Waals surface area (Å²) in [5, 5.41) is 1.89. The molecule has 2 heterocycles. The fourth-order valence-electron chi connectivity index (χ4n) is 2.41.